The molecule has 1 N–H and O–H groups in total. The van der Waals surface area contributed by atoms with Gasteiger partial charge >= 0.3 is 11.9 Å². The summed E-state index contributed by atoms with van der Waals surface area (Å²) in [7, 11) is 0. The van der Waals surface area contributed by atoms with E-state index < -0.39 is 24.6 Å². The first-order chi connectivity index (χ1) is 20.9. The smallest absolute Gasteiger partial charge is 0.385 e. The largest absolute Gasteiger partial charge is 0.456 e. The molecule has 0 amide bonds. The molecule has 7 heteroatoms. The number of ether oxygens (including phenoxy) is 2. The second kappa shape index (κ2) is 34.0. The van der Waals surface area contributed by atoms with Crippen LogP contribution in [0.1, 0.15) is 123 Å². The zero-order valence-corrected chi connectivity index (χ0v) is 26.5. The van der Waals surface area contributed by atoms with Gasteiger partial charge in [0.05, 0.1) is 6.61 Å². The number of thiol groups is 1. The average molecular weight is 629 g/mol. The Morgan fingerprint density at radius 3 is 1.51 bits per heavy atom. The number of aliphatic hydroxyl groups is 1. The van der Waals surface area contributed by atoms with E-state index in [0.717, 1.165) is 19.3 Å². The van der Waals surface area contributed by atoms with E-state index in [-0.39, 0.29) is 36.7 Å². The van der Waals surface area contributed by atoms with Gasteiger partial charge in [-0.3, -0.25) is 9.59 Å². The summed E-state index contributed by atoms with van der Waals surface area (Å²) in [4.78, 5) is 33.0. The summed E-state index contributed by atoms with van der Waals surface area (Å²) in [6, 6.07) is 0. The highest BCUT2D eigenvalue weighted by atomic mass is 32.1. The molecule has 0 rings (SSSR count). The molecule has 0 aliphatic carbocycles. The molecule has 6 nitrogen and oxygen atoms in total. The minimum Gasteiger partial charge on any atom is -0.456 e. The molecule has 0 aliphatic heterocycles. The van der Waals surface area contributed by atoms with Gasteiger partial charge < -0.3 is 14.6 Å². The predicted octanol–water partition coefficient (Wildman–Crippen LogP) is 8.23. The van der Waals surface area contributed by atoms with Crippen molar-refractivity contribution in [1.29, 1.82) is 0 Å². The summed E-state index contributed by atoms with van der Waals surface area (Å²) in [5.41, 5.74) is 0. The summed E-state index contributed by atoms with van der Waals surface area (Å²) in [5, 5.41) is 9.25. The first kappa shape index (κ1) is 41.0. The second-order valence-corrected chi connectivity index (χ2v) is 9.56. The Bertz CT molecular complexity index is 1300. The molecule has 0 spiro atoms. The second-order valence-electron chi connectivity index (χ2n) is 8.93. The fraction of sp³-hybridized carbons (Fsp3) is 0.528. The normalized spacial score (nSPS) is 8.86. The maximum atomic E-state index is 12.0. The third kappa shape index (κ3) is 37.8. The highest BCUT2D eigenvalue weighted by Crippen LogP contribution is 2.12. The van der Waals surface area contributed by atoms with Crippen molar-refractivity contribution in [3.63, 3.8) is 0 Å². The molecule has 43 heavy (non-hydrogen) atoms. The van der Waals surface area contributed by atoms with Crippen LogP contribution in [0.5, 0.6) is 0 Å². The number of carbonyl (C=O) groups excluding carboxylic acids is 3. The molecule has 0 fully saturated rings. The fourth-order valence-electron chi connectivity index (χ4n) is 3.14. The van der Waals surface area contributed by atoms with E-state index in [1.807, 2.05) is 0 Å². The molecule has 1 atom stereocenters. The SMILES string of the molecule is CC#CC#CC#CC#CC#CC#CC#CC(=O)OC[C@H](CO)OC(=O)CCCCCCCCCCCCCC.CC(=O)S.[HH].[HH].[HH].[HH].[HH].[HH].[HH].[HH].[HH].[HH].[HH].[HH].[HH]. The molecule has 0 saturated heterocycles. The van der Waals surface area contributed by atoms with Gasteiger partial charge in [-0.05, 0) is 84.4 Å². The lowest BCUT2D eigenvalue weighted by molar-refractivity contribution is -0.159. The van der Waals surface area contributed by atoms with Crippen LogP contribution in [0.3, 0.4) is 0 Å². The Labute approximate surface area is 283 Å². The Morgan fingerprint density at radius 2 is 1.09 bits per heavy atom. The third-order valence-electron chi connectivity index (χ3n) is 5.11. The van der Waals surface area contributed by atoms with E-state index in [4.69, 9.17) is 9.47 Å². The number of aliphatic hydroxyl groups excluding tert-OH is 1. The highest BCUT2D eigenvalue weighted by molar-refractivity contribution is 7.96. The van der Waals surface area contributed by atoms with Crippen LogP contribution in [0, 0.1) is 82.9 Å². The summed E-state index contributed by atoms with van der Waals surface area (Å²) >= 11 is 3.33. The maximum absolute atomic E-state index is 12.0. The van der Waals surface area contributed by atoms with Crippen LogP contribution in [0.4, 0.5) is 0 Å². The van der Waals surface area contributed by atoms with Gasteiger partial charge in [-0.25, -0.2) is 4.79 Å². The Balaban J connectivity index is -0.0000000723. The molecule has 0 heterocycles. The number of hydrogen-bond donors (Lipinski definition) is 2. The van der Waals surface area contributed by atoms with Crippen molar-refractivity contribution >= 4 is 29.7 Å². The topological polar surface area (TPSA) is 89.9 Å². The van der Waals surface area contributed by atoms with Crippen LogP contribution < -0.4 is 0 Å². The van der Waals surface area contributed by atoms with Gasteiger partial charge in [-0.2, -0.15) is 0 Å². The average Bonchev–Trinajstić information content (AvgIpc) is 2.97. The minimum absolute atomic E-state index is 0. The van der Waals surface area contributed by atoms with Crippen LogP contribution >= 0.6 is 12.6 Å². The Morgan fingerprint density at radius 1 is 0.698 bits per heavy atom. The lowest BCUT2D eigenvalue weighted by Gasteiger charge is -2.14. The monoisotopic (exact) mass is 628 g/mol. The lowest BCUT2D eigenvalue weighted by Crippen LogP contribution is -2.28. The van der Waals surface area contributed by atoms with Gasteiger partial charge in [-0.1, -0.05) is 83.5 Å². The van der Waals surface area contributed by atoms with Crippen LogP contribution in [0.15, 0.2) is 0 Å². The van der Waals surface area contributed by atoms with E-state index in [1.165, 1.54) is 64.7 Å². The van der Waals surface area contributed by atoms with Crippen molar-refractivity contribution in [3.8, 4) is 82.9 Å². The van der Waals surface area contributed by atoms with E-state index in [9.17, 15) is 19.5 Å². The molecule has 0 aromatic carbocycles. The van der Waals surface area contributed by atoms with Gasteiger partial charge in [0.2, 0.25) is 0 Å². The van der Waals surface area contributed by atoms with Crippen LogP contribution in [-0.2, 0) is 23.9 Å². The first-order valence-electron chi connectivity index (χ1n) is 14.5. The molecule has 0 radical (unpaired) electrons. The summed E-state index contributed by atoms with van der Waals surface area (Å²) in [6.45, 7) is 4.57. The zero-order valence-electron chi connectivity index (χ0n) is 25.6. The summed E-state index contributed by atoms with van der Waals surface area (Å²) in [5.74, 6) is 33.0. The fourth-order valence-corrected chi connectivity index (χ4v) is 3.14. The van der Waals surface area contributed by atoms with Gasteiger partial charge in [0.25, 0.3) is 0 Å². The van der Waals surface area contributed by atoms with E-state index >= 15 is 0 Å². The molecule has 254 valence electrons. The van der Waals surface area contributed by atoms with Crippen molar-refractivity contribution in [1.82, 2.24) is 0 Å². The van der Waals surface area contributed by atoms with Gasteiger partial charge in [0.15, 0.2) is 11.2 Å². The van der Waals surface area contributed by atoms with Crippen LogP contribution in [0.2, 0.25) is 0 Å². The van der Waals surface area contributed by atoms with Gasteiger partial charge in [0, 0.05) is 37.8 Å². The van der Waals surface area contributed by atoms with Crippen molar-refractivity contribution in [2.75, 3.05) is 13.2 Å². The van der Waals surface area contributed by atoms with Crippen molar-refractivity contribution in [3.05, 3.63) is 0 Å². The maximum Gasteiger partial charge on any atom is 0.385 e. The molecular formula is C36H68O6S. The summed E-state index contributed by atoms with van der Waals surface area (Å²) in [6.07, 6.45) is 13.9. The van der Waals surface area contributed by atoms with Crippen molar-refractivity contribution in [2.24, 2.45) is 0 Å². The molecule has 0 unspecified atom stereocenters. The highest BCUT2D eigenvalue weighted by Gasteiger charge is 2.15. The standard InChI is InChI=1S/C34H38O5.C2H4OS.13H2/c1-3-5-7-9-11-13-15-17-19-20-22-24-26-28-33(36)38-31-32(30-35)39-34(37)29-27-25-23-21-18-16-14-12-10-8-6-4-2;1-2(3)4;;;;;;;;;;;;;/h32,35H,4,6,8,10,12,14,16,18,21,23,25,27,29-31H2,1-2H3;1H3,(H,3,4);13*1H/t32-;;;;;;;;;;;;;;/m0............../s1. The van der Waals surface area contributed by atoms with E-state index in [1.54, 1.807) is 6.92 Å². The van der Waals surface area contributed by atoms with Crippen LogP contribution in [0.25, 0.3) is 0 Å². The third-order valence-corrected chi connectivity index (χ3v) is 5.11. The minimum atomic E-state index is -0.926. The number of carbonyl (C=O) groups is 3. The van der Waals surface area contributed by atoms with Gasteiger partial charge in [0.1, 0.15) is 6.61 Å². The Kier molecular flexibility index (Phi) is 32.4. The Hall–Kier alpha value is -4.16. The predicted molar refractivity (Wildman–Crippen MR) is 201 cm³/mol. The van der Waals surface area contributed by atoms with Crippen molar-refractivity contribution < 1.29 is 47.5 Å². The number of rotatable bonds is 17. The summed E-state index contributed by atoms with van der Waals surface area (Å²) < 4.78 is 10.1. The van der Waals surface area contributed by atoms with E-state index in [2.05, 4.69) is 102 Å². The van der Waals surface area contributed by atoms with E-state index in [0.29, 0.717) is 0 Å². The van der Waals surface area contributed by atoms with Gasteiger partial charge in [-0.15, -0.1) is 12.6 Å². The number of esters is 2. The number of hydrogen-bond acceptors (Lipinski definition) is 6. The first-order valence-corrected chi connectivity index (χ1v) is 14.9. The lowest BCUT2D eigenvalue weighted by atomic mass is 10.0. The zero-order chi connectivity index (χ0) is 32.2. The molecule has 0 bridgehead atoms. The quantitative estimate of drug-likeness (QED) is 0.0555. The van der Waals surface area contributed by atoms with Crippen molar-refractivity contribution in [2.45, 2.75) is 110 Å². The molecule has 0 aliphatic rings. The number of unbranched alkanes of at least 4 members (excludes halogenated alkanes) is 11. The molecule has 0 saturated carbocycles. The van der Waals surface area contributed by atoms with Crippen LogP contribution in [-0.4, -0.2) is 41.5 Å². The molecule has 0 aromatic heterocycles. The molecule has 0 aromatic rings. The molecular weight excluding hydrogens is 560 g/mol.